The molecule has 1 aromatic rings. The molecule has 0 aliphatic heterocycles. The van der Waals surface area contributed by atoms with Gasteiger partial charge in [0.15, 0.2) is 0 Å². The summed E-state index contributed by atoms with van der Waals surface area (Å²) in [5, 5.41) is 8.53. The highest BCUT2D eigenvalue weighted by Gasteiger charge is 2.11. The van der Waals surface area contributed by atoms with Crippen molar-refractivity contribution in [3.05, 3.63) is 29.8 Å². The fourth-order valence-corrected chi connectivity index (χ4v) is 1.99. The average Bonchev–Trinajstić information content (AvgIpc) is 2.46. The Balaban J connectivity index is 2.51. The van der Waals surface area contributed by atoms with E-state index in [4.69, 9.17) is 5.26 Å². The summed E-state index contributed by atoms with van der Waals surface area (Å²) in [4.78, 5) is 15.8. The predicted molar refractivity (Wildman–Crippen MR) is 81.6 cm³/mol. The van der Waals surface area contributed by atoms with Crippen LogP contribution in [0.4, 0.5) is 5.69 Å². The molecule has 108 valence electrons. The van der Waals surface area contributed by atoms with Crippen LogP contribution in [0.2, 0.25) is 0 Å². The van der Waals surface area contributed by atoms with Gasteiger partial charge < -0.3 is 9.80 Å². The first-order chi connectivity index (χ1) is 9.58. The molecular weight excluding hydrogens is 250 g/mol. The maximum atomic E-state index is 11.9. The van der Waals surface area contributed by atoms with E-state index >= 15 is 0 Å². The maximum Gasteiger partial charge on any atom is 0.224 e. The first-order valence-electron chi connectivity index (χ1n) is 7.01. The molecule has 0 aliphatic carbocycles. The van der Waals surface area contributed by atoms with Crippen LogP contribution in [0.3, 0.4) is 0 Å². The van der Waals surface area contributed by atoms with Gasteiger partial charge in [-0.25, -0.2) is 0 Å². The van der Waals surface area contributed by atoms with Crippen LogP contribution in [0.15, 0.2) is 24.3 Å². The molecule has 0 aromatic heterocycles. The number of carbonyl (C=O) groups is 1. The van der Waals surface area contributed by atoms with Gasteiger partial charge in [0.05, 0.1) is 12.5 Å². The van der Waals surface area contributed by atoms with Crippen LogP contribution in [0.25, 0.3) is 0 Å². The summed E-state index contributed by atoms with van der Waals surface area (Å²) in [5.41, 5.74) is 2.38. The van der Waals surface area contributed by atoms with Crippen LogP contribution in [-0.4, -0.2) is 37.5 Å². The Hall–Kier alpha value is -2.02. The third-order valence-corrected chi connectivity index (χ3v) is 3.36. The molecule has 0 heterocycles. The van der Waals surface area contributed by atoms with Gasteiger partial charge in [-0.3, -0.25) is 4.79 Å². The van der Waals surface area contributed by atoms with E-state index in [2.05, 4.69) is 49.1 Å². The molecule has 0 aliphatic rings. The normalized spacial score (nSPS) is 9.90. The third-order valence-electron chi connectivity index (χ3n) is 3.36. The van der Waals surface area contributed by atoms with E-state index in [1.54, 1.807) is 11.9 Å². The number of rotatable bonds is 7. The lowest BCUT2D eigenvalue weighted by Gasteiger charge is -2.24. The van der Waals surface area contributed by atoms with E-state index in [0.717, 1.165) is 12.2 Å². The highest BCUT2D eigenvalue weighted by atomic mass is 16.2. The van der Waals surface area contributed by atoms with Gasteiger partial charge in [-0.15, -0.1) is 0 Å². The molecule has 20 heavy (non-hydrogen) atoms. The SMILES string of the molecule is CCN(CCC(=O)N(C)CCC#N)c1ccc(C)cc1. The molecule has 0 spiro atoms. The van der Waals surface area contributed by atoms with Gasteiger partial charge >= 0.3 is 0 Å². The maximum absolute atomic E-state index is 11.9. The van der Waals surface area contributed by atoms with Crippen LogP contribution in [-0.2, 0) is 4.79 Å². The molecule has 0 atom stereocenters. The minimum atomic E-state index is 0.0887. The number of nitrogens with zero attached hydrogens (tertiary/aromatic N) is 3. The summed E-state index contributed by atoms with van der Waals surface area (Å²) in [5.74, 6) is 0.0887. The summed E-state index contributed by atoms with van der Waals surface area (Å²) in [6, 6.07) is 10.4. The number of aryl methyl sites for hydroxylation is 1. The standard InChI is InChI=1S/C16H23N3O/c1-4-19(15-8-6-14(2)7-9-15)13-10-16(20)18(3)12-5-11-17/h6-9H,4-5,10,12-13H2,1-3H3. The quantitative estimate of drug-likeness (QED) is 0.767. The lowest BCUT2D eigenvalue weighted by Crippen LogP contribution is -2.32. The largest absolute Gasteiger partial charge is 0.371 e. The van der Waals surface area contributed by atoms with E-state index in [-0.39, 0.29) is 5.91 Å². The van der Waals surface area contributed by atoms with Gasteiger partial charge in [0.25, 0.3) is 0 Å². The second-order valence-corrected chi connectivity index (χ2v) is 4.89. The van der Waals surface area contributed by atoms with Gasteiger partial charge in [0.1, 0.15) is 0 Å². The summed E-state index contributed by atoms with van der Waals surface area (Å²) in [6.07, 6.45) is 0.862. The summed E-state index contributed by atoms with van der Waals surface area (Å²) < 4.78 is 0. The van der Waals surface area contributed by atoms with Crippen molar-refractivity contribution in [3.63, 3.8) is 0 Å². The van der Waals surface area contributed by atoms with Gasteiger partial charge in [-0.1, -0.05) is 17.7 Å². The Bertz CT molecular complexity index is 462. The number of nitriles is 1. The van der Waals surface area contributed by atoms with Gasteiger partial charge in [-0.2, -0.15) is 5.26 Å². The number of carbonyl (C=O) groups excluding carboxylic acids is 1. The van der Waals surface area contributed by atoms with E-state index in [9.17, 15) is 4.79 Å². The molecule has 0 saturated heterocycles. The highest BCUT2D eigenvalue weighted by Crippen LogP contribution is 2.15. The molecule has 0 fully saturated rings. The molecule has 1 amide bonds. The summed E-state index contributed by atoms with van der Waals surface area (Å²) in [7, 11) is 1.75. The Morgan fingerprint density at radius 2 is 1.90 bits per heavy atom. The van der Waals surface area contributed by atoms with E-state index < -0.39 is 0 Å². The van der Waals surface area contributed by atoms with Gasteiger partial charge in [0, 0.05) is 38.8 Å². The van der Waals surface area contributed by atoms with E-state index in [0.29, 0.717) is 25.9 Å². The number of hydrogen-bond acceptors (Lipinski definition) is 3. The summed E-state index contributed by atoms with van der Waals surface area (Å²) in [6.45, 7) is 6.23. The highest BCUT2D eigenvalue weighted by molar-refractivity contribution is 5.76. The molecule has 0 bridgehead atoms. The minimum absolute atomic E-state index is 0.0887. The molecule has 4 nitrogen and oxygen atoms in total. The molecule has 1 rings (SSSR count). The van der Waals surface area contributed by atoms with Crippen LogP contribution in [0.5, 0.6) is 0 Å². The minimum Gasteiger partial charge on any atom is -0.371 e. The van der Waals surface area contributed by atoms with Crippen molar-refractivity contribution in [3.8, 4) is 6.07 Å². The van der Waals surface area contributed by atoms with Gasteiger partial charge in [-0.05, 0) is 26.0 Å². The number of benzene rings is 1. The van der Waals surface area contributed by atoms with Crippen molar-refractivity contribution < 1.29 is 4.79 Å². The van der Waals surface area contributed by atoms with Crippen molar-refractivity contribution >= 4 is 11.6 Å². The molecule has 0 saturated carbocycles. The fourth-order valence-electron chi connectivity index (χ4n) is 1.99. The lowest BCUT2D eigenvalue weighted by atomic mass is 10.2. The zero-order valence-electron chi connectivity index (χ0n) is 12.6. The lowest BCUT2D eigenvalue weighted by molar-refractivity contribution is -0.129. The van der Waals surface area contributed by atoms with Crippen LogP contribution in [0, 0.1) is 18.3 Å². The van der Waals surface area contributed by atoms with Crippen LogP contribution < -0.4 is 4.90 Å². The number of amides is 1. The topological polar surface area (TPSA) is 47.3 Å². The zero-order valence-corrected chi connectivity index (χ0v) is 12.6. The molecule has 1 aromatic carbocycles. The second kappa shape index (κ2) is 8.21. The molecule has 0 unspecified atom stereocenters. The smallest absolute Gasteiger partial charge is 0.224 e. The van der Waals surface area contributed by atoms with Crippen molar-refractivity contribution in [2.24, 2.45) is 0 Å². The average molecular weight is 273 g/mol. The summed E-state index contributed by atoms with van der Waals surface area (Å²) >= 11 is 0. The van der Waals surface area contributed by atoms with Crippen LogP contribution >= 0.6 is 0 Å². The second-order valence-electron chi connectivity index (χ2n) is 4.89. The predicted octanol–water partition coefficient (Wildman–Crippen LogP) is 2.58. The monoisotopic (exact) mass is 273 g/mol. The zero-order chi connectivity index (χ0) is 15.0. The third kappa shape index (κ3) is 4.93. The van der Waals surface area contributed by atoms with Crippen molar-refractivity contribution in [1.82, 2.24) is 4.90 Å². The van der Waals surface area contributed by atoms with Crippen LogP contribution in [0.1, 0.15) is 25.3 Å². The molecule has 4 heteroatoms. The Morgan fingerprint density at radius 3 is 2.45 bits per heavy atom. The van der Waals surface area contributed by atoms with Gasteiger partial charge in [0.2, 0.25) is 5.91 Å². The Kier molecular flexibility index (Phi) is 6.58. The first-order valence-corrected chi connectivity index (χ1v) is 7.01. The number of anilines is 1. The van der Waals surface area contributed by atoms with Crippen molar-refractivity contribution in [2.75, 3.05) is 31.6 Å². The first kappa shape index (κ1) is 16.0. The fraction of sp³-hybridized carbons (Fsp3) is 0.500. The van der Waals surface area contributed by atoms with Crippen molar-refractivity contribution in [1.29, 1.82) is 5.26 Å². The Morgan fingerprint density at radius 1 is 1.25 bits per heavy atom. The molecule has 0 radical (unpaired) electrons. The van der Waals surface area contributed by atoms with Crippen molar-refractivity contribution in [2.45, 2.75) is 26.7 Å². The molecular formula is C16H23N3O. The molecule has 0 N–H and O–H groups in total. The Labute approximate surface area is 121 Å². The van der Waals surface area contributed by atoms with E-state index in [1.807, 2.05) is 0 Å². The number of hydrogen-bond donors (Lipinski definition) is 0. The van der Waals surface area contributed by atoms with E-state index in [1.165, 1.54) is 5.56 Å².